The van der Waals surface area contributed by atoms with Crippen LogP contribution in [0.3, 0.4) is 0 Å². The van der Waals surface area contributed by atoms with Gasteiger partial charge in [-0.2, -0.15) is 4.98 Å². The van der Waals surface area contributed by atoms with Gasteiger partial charge in [-0.1, -0.05) is 25.9 Å². The molecular formula is C7H13N3O. The van der Waals surface area contributed by atoms with E-state index in [2.05, 4.69) is 35.4 Å². The Kier molecular flexibility index (Phi) is 1.85. The van der Waals surface area contributed by atoms with Gasteiger partial charge in [-0.25, -0.2) is 0 Å². The Morgan fingerprint density at radius 3 is 2.45 bits per heavy atom. The maximum atomic E-state index is 5.26. The highest BCUT2D eigenvalue weighted by atomic mass is 16.5. The second-order valence-corrected chi connectivity index (χ2v) is 3.79. The average Bonchev–Trinajstić information content (AvgIpc) is 2.10. The minimum atomic E-state index is 0.143. The first-order chi connectivity index (χ1) is 4.97. The third kappa shape index (κ3) is 2.57. The smallest absolute Gasteiger partial charge is 0.318 e. The fourth-order valence-corrected chi connectivity index (χ4v) is 0.814. The Morgan fingerprint density at radius 1 is 1.45 bits per heavy atom. The predicted molar refractivity (Wildman–Crippen MR) is 41.9 cm³/mol. The molecule has 0 aliphatic heterocycles. The molecule has 1 aromatic heterocycles. The molecule has 62 valence electrons. The van der Waals surface area contributed by atoms with Gasteiger partial charge >= 0.3 is 6.01 Å². The fourth-order valence-electron chi connectivity index (χ4n) is 0.814. The summed E-state index contributed by atoms with van der Waals surface area (Å²) < 4.78 is 4.63. The molecule has 0 aliphatic rings. The second kappa shape index (κ2) is 2.53. The van der Waals surface area contributed by atoms with E-state index in [1.807, 2.05) is 0 Å². The molecule has 4 nitrogen and oxygen atoms in total. The summed E-state index contributed by atoms with van der Waals surface area (Å²) in [5.41, 5.74) is 5.43. The van der Waals surface area contributed by atoms with Crippen LogP contribution in [0.4, 0.5) is 6.01 Å². The molecule has 0 aliphatic carbocycles. The van der Waals surface area contributed by atoms with Crippen molar-refractivity contribution < 1.29 is 4.52 Å². The third-order valence-electron chi connectivity index (χ3n) is 1.17. The third-order valence-corrected chi connectivity index (χ3v) is 1.17. The molecule has 1 rings (SSSR count). The molecule has 0 fully saturated rings. The number of hydrogen-bond acceptors (Lipinski definition) is 4. The minimum Gasteiger partial charge on any atom is -0.351 e. The van der Waals surface area contributed by atoms with Gasteiger partial charge in [0.15, 0.2) is 5.82 Å². The van der Waals surface area contributed by atoms with E-state index in [0.29, 0.717) is 5.82 Å². The molecule has 4 heteroatoms. The lowest BCUT2D eigenvalue weighted by molar-refractivity contribution is 0.375. The van der Waals surface area contributed by atoms with Gasteiger partial charge in [0.05, 0.1) is 0 Å². The molecule has 0 saturated carbocycles. The van der Waals surface area contributed by atoms with Gasteiger partial charge in [-0.05, 0) is 5.41 Å². The standard InChI is InChI=1S/C7H13N3O/c1-7(2,3)4-5-9-6(8)11-10-5/h4H2,1-3H3,(H2,8,9,10). The van der Waals surface area contributed by atoms with Gasteiger partial charge < -0.3 is 10.3 Å². The van der Waals surface area contributed by atoms with E-state index in [0.717, 1.165) is 6.42 Å². The van der Waals surface area contributed by atoms with Crippen LogP contribution in [0.2, 0.25) is 0 Å². The molecule has 0 amide bonds. The van der Waals surface area contributed by atoms with Crippen molar-refractivity contribution in [2.75, 3.05) is 5.73 Å². The largest absolute Gasteiger partial charge is 0.351 e. The van der Waals surface area contributed by atoms with Gasteiger partial charge in [0.1, 0.15) is 0 Å². The van der Waals surface area contributed by atoms with Crippen LogP contribution in [0.1, 0.15) is 26.6 Å². The highest BCUT2D eigenvalue weighted by Crippen LogP contribution is 2.18. The zero-order valence-electron chi connectivity index (χ0n) is 7.09. The lowest BCUT2D eigenvalue weighted by atomic mass is 9.92. The first kappa shape index (κ1) is 8.04. The van der Waals surface area contributed by atoms with E-state index in [4.69, 9.17) is 5.73 Å². The van der Waals surface area contributed by atoms with Gasteiger partial charge in [0.25, 0.3) is 0 Å². The number of rotatable bonds is 1. The Hall–Kier alpha value is -1.06. The number of aromatic nitrogens is 2. The van der Waals surface area contributed by atoms with Gasteiger partial charge in [0, 0.05) is 6.42 Å². The molecular weight excluding hydrogens is 142 g/mol. The van der Waals surface area contributed by atoms with E-state index in [1.165, 1.54) is 0 Å². The van der Waals surface area contributed by atoms with Crippen LogP contribution in [0, 0.1) is 5.41 Å². The molecule has 1 aromatic rings. The van der Waals surface area contributed by atoms with E-state index in [1.54, 1.807) is 0 Å². The molecule has 0 radical (unpaired) electrons. The molecule has 0 aromatic carbocycles. The number of anilines is 1. The maximum Gasteiger partial charge on any atom is 0.318 e. The van der Waals surface area contributed by atoms with Crippen molar-refractivity contribution >= 4 is 6.01 Å². The molecule has 1 heterocycles. The highest BCUT2D eigenvalue weighted by molar-refractivity contribution is 5.07. The van der Waals surface area contributed by atoms with Crippen LogP contribution >= 0.6 is 0 Å². The first-order valence-corrected chi connectivity index (χ1v) is 3.55. The Balaban J connectivity index is 2.65. The van der Waals surface area contributed by atoms with Crippen molar-refractivity contribution in [3.63, 3.8) is 0 Å². The molecule has 11 heavy (non-hydrogen) atoms. The fraction of sp³-hybridized carbons (Fsp3) is 0.714. The number of nitrogens with two attached hydrogens (primary N) is 1. The second-order valence-electron chi connectivity index (χ2n) is 3.79. The van der Waals surface area contributed by atoms with Crippen LogP contribution in [0.25, 0.3) is 0 Å². The minimum absolute atomic E-state index is 0.143. The Morgan fingerprint density at radius 2 is 2.09 bits per heavy atom. The average molecular weight is 155 g/mol. The lowest BCUT2D eigenvalue weighted by Crippen LogP contribution is -2.10. The van der Waals surface area contributed by atoms with Crippen molar-refractivity contribution in [3.8, 4) is 0 Å². The zero-order chi connectivity index (χ0) is 8.48. The SMILES string of the molecule is CC(C)(C)Cc1noc(N)n1. The number of nitrogen functional groups attached to an aromatic ring is 1. The van der Waals surface area contributed by atoms with E-state index < -0.39 is 0 Å². The number of nitrogens with zero attached hydrogens (tertiary/aromatic N) is 2. The van der Waals surface area contributed by atoms with E-state index in [-0.39, 0.29) is 11.4 Å². The summed E-state index contributed by atoms with van der Waals surface area (Å²) in [6, 6.07) is 0.143. The van der Waals surface area contributed by atoms with Crippen LogP contribution in [0.15, 0.2) is 4.52 Å². The monoisotopic (exact) mass is 155 g/mol. The summed E-state index contributed by atoms with van der Waals surface area (Å²) in [7, 11) is 0. The summed E-state index contributed by atoms with van der Waals surface area (Å²) in [5.74, 6) is 0.676. The molecule has 0 spiro atoms. The summed E-state index contributed by atoms with van der Waals surface area (Å²) >= 11 is 0. The summed E-state index contributed by atoms with van der Waals surface area (Å²) in [6.45, 7) is 6.33. The Labute approximate surface area is 65.8 Å². The first-order valence-electron chi connectivity index (χ1n) is 3.55. The molecule has 2 N–H and O–H groups in total. The van der Waals surface area contributed by atoms with Gasteiger partial charge in [-0.15, -0.1) is 0 Å². The quantitative estimate of drug-likeness (QED) is 0.662. The van der Waals surface area contributed by atoms with Crippen LogP contribution in [-0.2, 0) is 6.42 Å². The summed E-state index contributed by atoms with van der Waals surface area (Å²) in [5, 5.41) is 3.69. The molecule has 0 atom stereocenters. The van der Waals surface area contributed by atoms with Crippen molar-refractivity contribution in [1.82, 2.24) is 10.1 Å². The Bertz CT molecular complexity index is 236. The highest BCUT2D eigenvalue weighted by Gasteiger charge is 2.14. The van der Waals surface area contributed by atoms with Crippen LogP contribution < -0.4 is 5.73 Å². The van der Waals surface area contributed by atoms with Crippen LogP contribution in [-0.4, -0.2) is 10.1 Å². The van der Waals surface area contributed by atoms with E-state index >= 15 is 0 Å². The van der Waals surface area contributed by atoms with Crippen molar-refractivity contribution in [2.45, 2.75) is 27.2 Å². The zero-order valence-corrected chi connectivity index (χ0v) is 7.09. The predicted octanol–water partition coefficient (Wildman–Crippen LogP) is 1.24. The number of hydrogen-bond donors (Lipinski definition) is 1. The van der Waals surface area contributed by atoms with Crippen LogP contribution in [0.5, 0.6) is 0 Å². The topological polar surface area (TPSA) is 64.9 Å². The lowest BCUT2D eigenvalue weighted by Gasteiger charge is -2.14. The molecule has 0 unspecified atom stereocenters. The van der Waals surface area contributed by atoms with Gasteiger partial charge in [0.2, 0.25) is 0 Å². The van der Waals surface area contributed by atoms with Crippen molar-refractivity contribution in [1.29, 1.82) is 0 Å². The molecule has 0 saturated heterocycles. The normalized spacial score (nSPS) is 11.9. The van der Waals surface area contributed by atoms with Crippen molar-refractivity contribution in [2.24, 2.45) is 5.41 Å². The van der Waals surface area contributed by atoms with E-state index in [9.17, 15) is 0 Å². The summed E-state index contributed by atoms with van der Waals surface area (Å²) in [6.07, 6.45) is 0.785. The van der Waals surface area contributed by atoms with Crippen molar-refractivity contribution in [3.05, 3.63) is 5.82 Å². The summed E-state index contributed by atoms with van der Waals surface area (Å²) in [4.78, 5) is 3.90. The molecule has 0 bridgehead atoms. The van der Waals surface area contributed by atoms with Gasteiger partial charge in [-0.3, -0.25) is 0 Å². The maximum absolute atomic E-state index is 5.26.